The quantitative estimate of drug-likeness (QED) is 0.131. The molecule has 6 rings (SSSR count). The predicted octanol–water partition coefficient (Wildman–Crippen LogP) is 12.6. The molecule has 0 radical (unpaired) electrons. The van der Waals surface area contributed by atoms with Gasteiger partial charge in [0.1, 0.15) is 0 Å². The average molecular weight is 548 g/mol. The molecule has 0 bridgehead atoms. The number of aryl methyl sites for hydroxylation is 2. The Morgan fingerprint density at radius 2 is 1.02 bits per heavy atom. The Morgan fingerprint density at radius 1 is 0.500 bits per heavy atom. The van der Waals surface area contributed by atoms with Crippen molar-refractivity contribution in [3.8, 4) is 0 Å². The van der Waals surface area contributed by atoms with E-state index in [1.807, 2.05) is 11.3 Å². The minimum atomic E-state index is 1.19. The molecule has 208 valence electrons. The van der Waals surface area contributed by atoms with Crippen LogP contribution >= 0.6 is 11.3 Å². The summed E-state index contributed by atoms with van der Waals surface area (Å²) in [6.07, 6.45) is 18.6. The molecule has 40 heavy (non-hydrogen) atoms. The van der Waals surface area contributed by atoms with E-state index in [1.165, 1.54) is 154 Å². The van der Waals surface area contributed by atoms with Crippen LogP contribution in [-0.2, 0) is 12.8 Å². The van der Waals surface area contributed by atoms with Gasteiger partial charge in [-0.1, -0.05) is 114 Å². The highest BCUT2D eigenvalue weighted by molar-refractivity contribution is 7.26. The van der Waals surface area contributed by atoms with Gasteiger partial charge in [0.15, 0.2) is 0 Å². The normalized spacial score (nSPS) is 12.2. The van der Waals surface area contributed by atoms with Crippen LogP contribution in [0.1, 0.15) is 102 Å². The number of rotatable bonds is 14. The zero-order valence-corrected chi connectivity index (χ0v) is 25.4. The molecule has 2 aromatic heterocycles. The maximum atomic E-state index is 3.79. The molecule has 2 heterocycles. The van der Waals surface area contributed by atoms with Gasteiger partial charge >= 0.3 is 0 Å². The second-order valence-corrected chi connectivity index (χ2v) is 13.1. The number of hydrogen-bond donors (Lipinski definition) is 1. The number of hydrogen-bond acceptors (Lipinski definition) is 1. The van der Waals surface area contributed by atoms with E-state index in [2.05, 4.69) is 79.5 Å². The standard InChI is InChI=1S/C38H45NS/c1-3-5-7-9-11-13-15-27-17-23-35-33(25-27)30-20-21-31-29(37(30)39-35)19-22-32-34-26-28(16-14-12-10-8-6-4-2)18-24-36(34)40-38(31)32/h17-26,39H,3-16H2,1-2H3. The largest absolute Gasteiger partial charge is 0.354 e. The second kappa shape index (κ2) is 12.8. The van der Waals surface area contributed by atoms with Crippen LogP contribution in [0, 0.1) is 0 Å². The average Bonchev–Trinajstić information content (AvgIpc) is 3.54. The van der Waals surface area contributed by atoms with Gasteiger partial charge in [-0.15, -0.1) is 11.3 Å². The summed E-state index contributed by atoms with van der Waals surface area (Å²) in [6.45, 7) is 4.58. The van der Waals surface area contributed by atoms with E-state index >= 15 is 0 Å². The van der Waals surface area contributed by atoms with Gasteiger partial charge in [0.2, 0.25) is 0 Å². The summed E-state index contributed by atoms with van der Waals surface area (Å²) in [5.41, 5.74) is 5.50. The lowest BCUT2D eigenvalue weighted by molar-refractivity contribution is 0.607. The van der Waals surface area contributed by atoms with Gasteiger partial charge in [-0.25, -0.2) is 0 Å². The molecule has 0 spiro atoms. The molecule has 0 aliphatic heterocycles. The molecule has 2 heteroatoms. The van der Waals surface area contributed by atoms with Crippen LogP contribution in [0.25, 0.3) is 52.8 Å². The molecule has 0 atom stereocenters. The fourth-order valence-electron chi connectivity index (χ4n) is 6.63. The maximum Gasteiger partial charge on any atom is 0.0545 e. The molecule has 0 saturated heterocycles. The lowest BCUT2D eigenvalue weighted by atomic mass is 10.00. The maximum absolute atomic E-state index is 3.79. The molecule has 0 unspecified atom stereocenters. The number of aromatic amines is 1. The number of benzene rings is 4. The Hall–Kier alpha value is -2.84. The Labute approximate surface area is 244 Å². The molecule has 0 amide bonds. The van der Waals surface area contributed by atoms with Crippen LogP contribution < -0.4 is 0 Å². The number of fused-ring (bicyclic) bond motifs is 9. The fraction of sp³-hybridized carbons (Fsp3) is 0.421. The van der Waals surface area contributed by atoms with E-state index in [9.17, 15) is 0 Å². The van der Waals surface area contributed by atoms with Crippen molar-refractivity contribution in [1.29, 1.82) is 0 Å². The summed E-state index contributed by atoms with van der Waals surface area (Å²) in [4.78, 5) is 3.79. The molecular formula is C38H45NS. The predicted molar refractivity (Wildman–Crippen MR) is 180 cm³/mol. The molecule has 0 fully saturated rings. The van der Waals surface area contributed by atoms with Crippen LogP contribution in [-0.4, -0.2) is 4.98 Å². The van der Waals surface area contributed by atoms with Gasteiger partial charge in [-0.05, 0) is 61.1 Å². The minimum absolute atomic E-state index is 1.19. The highest BCUT2D eigenvalue weighted by atomic mass is 32.1. The molecule has 6 aromatic rings. The lowest BCUT2D eigenvalue weighted by Crippen LogP contribution is -1.86. The number of unbranched alkanes of at least 4 members (excludes halogenated alkanes) is 10. The first-order chi connectivity index (χ1) is 19.8. The van der Waals surface area contributed by atoms with E-state index in [4.69, 9.17) is 0 Å². The van der Waals surface area contributed by atoms with Gasteiger partial charge in [-0.2, -0.15) is 0 Å². The van der Waals surface area contributed by atoms with E-state index in [0.29, 0.717) is 0 Å². The van der Waals surface area contributed by atoms with Crippen molar-refractivity contribution < 1.29 is 0 Å². The molecule has 0 aliphatic carbocycles. The Kier molecular flexibility index (Phi) is 8.73. The van der Waals surface area contributed by atoms with Crippen molar-refractivity contribution in [1.82, 2.24) is 4.98 Å². The molecule has 1 nitrogen and oxygen atoms in total. The van der Waals surface area contributed by atoms with Crippen LogP contribution in [0.4, 0.5) is 0 Å². The fourth-order valence-corrected chi connectivity index (χ4v) is 7.84. The van der Waals surface area contributed by atoms with Gasteiger partial charge in [0, 0.05) is 47.2 Å². The third kappa shape index (κ3) is 5.66. The van der Waals surface area contributed by atoms with E-state index in [0.717, 1.165) is 0 Å². The topological polar surface area (TPSA) is 15.8 Å². The van der Waals surface area contributed by atoms with Crippen LogP contribution in [0.15, 0.2) is 60.7 Å². The second-order valence-electron chi connectivity index (χ2n) is 12.0. The SMILES string of the molecule is CCCCCCCCc1ccc2[nH]c3c(ccc4c3ccc3c5cc(CCCCCCCC)ccc5sc34)c2c1. The van der Waals surface area contributed by atoms with Crippen LogP contribution in [0.2, 0.25) is 0 Å². The van der Waals surface area contributed by atoms with E-state index < -0.39 is 0 Å². The summed E-state index contributed by atoms with van der Waals surface area (Å²) in [7, 11) is 0. The summed E-state index contributed by atoms with van der Waals surface area (Å²) in [5.74, 6) is 0. The minimum Gasteiger partial charge on any atom is -0.354 e. The Morgan fingerprint density at radius 3 is 1.70 bits per heavy atom. The molecule has 4 aromatic carbocycles. The van der Waals surface area contributed by atoms with E-state index in [-0.39, 0.29) is 0 Å². The first kappa shape index (κ1) is 27.3. The van der Waals surface area contributed by atoms with Crippen molar-refractivity contribution in [3.63, 3.8) is 0 Å². The van der Waals surface area contributed by atoms with Crippen molar-refractivity contribution in [2.24, 2.45) is 0 Å². The van der Waals surface area contributed by atoms with Crippen molar-refractivity contribution >= 4 is 64.1 Å². The summed E-state index contributed by atoms with van der Waals surface area (Å²) in [6, 6.07) is 23.7. The highest BCUT2D eigenvalue weighted by Crippen LogP contribution is 2.41. The molecular weight excluding hydrogens is 502 g/mol. The third-order valence-corrected chi connectivity index (χ3v) is 10.2. The zero-order valence-electron chi connectivity index (χ0n) is 24.6. The van der Waals surface area contributed by atoms with Gasteiger partial charge in [0.05, 0.1) is 5.52 Å². The monoisotopic (exact) mass is 547 g/mol. The van der Waals surface area contributed by atoms with Crippen molar-refractivity contribution in [2.75, 3.05) is 0 Å². The smallest absolute Gasteiger partial charge is 0.0545 e. The summed E-state index contributed by atoms with van der Waals surface area (Å²) in [5, 5.41) is 8.29. The number of thiophene rings is 1. The third-order valence-electron chi connectivity index (χ3n) is 8.97. The van der Waals surface area contributed by atoms with Gasteiger partial charge in [-0.3, -0.25) is 0 Å². The number of aromatic nitrogens is 1. The Bertz CT molecular complexity index is 1600. The van der Waals surface area contributed by atoms with Crippen LogP contribution in [0.3, 0.4) is 0 Å². The number of H-pyrrole nitrogens is 1. The molecule has 1 N–H and O–H groups in total. The van der Waals surface area contributed by atoms with Crippen molar-refractivity contribution in [2.45, 2.75) is 104 Å². The first-order valence-electron chi connectivity index (χ1n) is 16.1. The summed E-state index contributed by atoms with van der Waals surface area (Å²) < 4.78 is 2.83. The number of nitrogens with one attached hydrogen (secondary N) is 1. The summed E-state index contributed by atoms with van der Waals surface area (Å²) >= 11 is 1.96. The Balaban J connectivity index is 1.26. The van der Waals surface area contributed by atoms with Gasteiger partial charge in [0.25, 0.3) is 0 Å². The highest BCUT2D eigenvalue weighted by Gasteiger charge is 2.14. The molecule has 0 aliphatic rings. The van der Waals surface area contributed by atoms with Gasteiger partial charge < -0.3 is 4.98 Å². The first-order valence-corrected chi connectivity index (χ1v) is 16.9. The van der Waals surface area contributed by atoms with Crippen molar-refractivity contribution in [3.05, 3.63) is 71.8 Å². The molecule has 0 saturated carbocycles. The van der Waals surface area contributed by atoms with Crippen LogP contribution in [0.5, 0.6) is 0 Å². The lowest BCUT2D eigenvalue weighted by Gasteiger charge is -2.04. The van der Waals surface area contributed by atoms with E-state index in [1.54, 1.807) is 0 Å². The zero-order chi connectivity index (χ0) is 27.3.